The maximum atomic E-state index is 6.32. The fourth-order valence-electron chi connectivity index (χ4n) is 3.38. The molecule has 33 heavy (non-hydrogen) atoms. The van der Waals surface area contributed by atoms with Crippen molar-refractivity contribution in [3.05, 3.63) is 97.1 Å². The number of benzene rings is 2. The molecule has 0 fully saturated rings. The average molecular weight is 446 g/mol. The van der Waals surface area contributed by atoms with Crippen LogP contribution in [-0.2, 0) is 27.4 Å². The highest BCUT2D eigenvalue weighted by Crippen LogP contribution is 2.22. The molecule has 4 aromatic rings. The van der Waals surface area contributed by atoms with Gasteiger partial charge >= 0.3 is 0 Å². The van der Waals surface area contributed by atoms with Crippen LogP contribution in [0.2, 0.25) is 0 Å². The fraction of sp³-hybridized carbons (Fsp3) is 0.240. The summed E-state index contributed by atoms with van der Waals surface area (Å²) in [5.41, 5.74) is 9.19. The Morgan fingerprint density at radius 2 is 1.48 bits per heavy atom. The smallest absolute Gasteiger partial charge is 0.167 e. The van der Waals surface area contributed by atoms with Crippen molar-refractivity contribution >= 4 is 17.0 Å². The van der Waals surface area contributed by atoms with Gasteiger partial charge in [-0.1, -0.05) is 67.2 Å². The van der Waals surface area contributed by atoms with Crippen LogP contribution in [0.1, 0.15) is 17.4 Å². The van der Waals surface area contributed by atoms with Crippen LogP contribution in [0.3, 0.4) is 0 Å². The van der Waals surface area contributed by atoms with Crippen LogP contribution in [0.4, 0.5) is 5.82 Å². The molecule has 0 aliphatic rings. The molecule has 0 unspecified atom stereocenters. The summed E-state index contributed by atoms with van der Waals surface area (Å²) in [5, 5.41) is 0. The van der Waals surface area contributed by atoms with Crippen molar-refractivity contribution in [3.63, 3.8) is 0 Å². The number of nitrogens with zero attached hydrogens (tertiary/aromatic N) is 4. The lowest BCUT2D eigenvalue weighted by atomic mass is 10.2. The number of anilines is 1. The molecule has 0 saturated carbocycles. The van der Waals surface area contributed by atoms with Crippen molar-refractivity contribution in [1.82, 2.24) is 19.5 Å². The molecule has 0 amide bonds. The standard InChI is InChI=1S/C25H27N5O3/c1-2-22(30-18-29-23-24(26)27-17-28-25(23)30)33-21(15-31-13-19-9-5-3-6-10-19)16-32-14-20-11-7-4-8-12-20/h2-12,17-18,21-22H,1,13-16H2,(H2,26,27,28)/t22-/m0/s1. The third-order valence-corrected chi connectivity index (χ3v) is 5.03. The number of ether oxygens (including phenoxy) is 3. The van der Waals surface area contributed by atoms with Crippen LogP contribution in [0, 0.1) is 0 Å². The first kappa shape index (κ1) is 22.6. The zero-order chi connectivity index (χ0) is 22.9. The van der Waals surface area contributed by atoms with E-state index >= 15 is 0 Å². The van der Waals surface area contributed by atoms with Gasteiger partial charge in [-0.15, -0.1) is 0 Å². The van der Waals surface area contributed by atoms with Crippen LogP contribution in [0.25, 0.3) is 11.2 Å². The molecule has 2 N–H and O–H groups in total. The van der Waals surface area contributed by atoms with Crippen LogP contribution >= 0.6 is 0 Å². The molecule has 8 nitrogen and oxygen atoms in total. The molecule has 2 aromatic heterocycles. The normalized spacial score (nSPS) is 12.3. The van der Waals surface area contributed by atoms with E-state index < -0.39 is 6.23 Å². The van der Waals surface area contributed by atoms with Gasteiger partial charge in [0.15, 0.2) is 17.7 Å². The maximum Gasteiger partial charge on any atom is 0.167 e. The summed E-state index contributed by atoms with van der Waals surface area (Å²) in [6, 6.07) is 20.0. The molecule has 0 bridgehead atoms. The molecular formula is C25H27N5O3. The summed E-state index contributed by atoms with van der Waals surface area (Å²) in [6.07, 6.45) is 3.82. The van der Waals surface area contributed by atoms with E-state index in [0.29, 0.717) is 43.4 Å². The minimum Gasteiger partial charge on any atom is -0.382 e. The predicted molar refractivity (Wildman–Crippen MR) is 126 cm³/mol. The molecule has 0 spiro atoms. The fourth-order valence-corrected chi connectivity index (χ4v) is 3.38. The van der Waals surface area contributed by atoms with Gasteiger partial charge in [-0.05, 0) is 17.2 Å². The SMILES string of the molecule is C=C[C@H](OC(COCc1ccccc1)COCc1ccccc1)n1cnc2c(N)ncnc21. The molecule has 1 atom stereocenters. The van der Waals surface area contributed by atoms with Crippen molar-refractivity contribution in [3.8, 4) is 0 Å². The van der Waals surface area contributed by atoms with Crippen molar-refractivity contribution < 1.29 is 14.2 Å². The summed E-state index contributed by atoms with van der Waals surface area (Å²) in [7, 11) is 0. The van der Waals surface area contributed by atoms with Gasteiger partial charge in [-0.2, -0.15) is 0 Å². The number of imidazole rings is 1. The van der Waals surface area contributed by atoms with E-state index in [4.69, 9.17) is 19.9 Å². The first-order valence-electron chi connectivity index (χ1n) is 10.7. The molecule has 0 aliphatic heterocycles. The highest BCUT2D eigenvalue weighted by atomic mass is 16.6. The third kappa shape index (κ3) is 6.01. The molecule has 0 saturated heterocycles. The number of hydrogen-bond acceptors (Lipinski definition) is 7. The Hall–Kier alpha value is -3.59. The highest BCUT2D eigenvalue weighted by molar-refractivity contribution is 5.81. The topological polar surface area (TPSA) is 97.3 Å². The summed E-state index contributed by atoms with van der Waals surface area (Å²) >= 11 is 0. The van der Waals surface area contributed by atoms with E-state index in [2.05, 4.69) is 21.5 Å². The van der Waals surface area contributed by atoms with E-state index in [0.717, 1.165) is 11.1 Å². The van der Waals surface area contributed by atoms with Crippen LogP contribution in [0.15, 0.2) is 86.0 Å². The molecule has 0 aliphatic carbocycles. The molecule has 4 rings (SSSR count). The Morgan fingerprint density at radius 1 is 0.879 bits per heavy atom. The monoisotopic (exact) mass is 445 g/mol. The summed E-state index contributed by atoms with van der Waals surface area (Å²) < 4.78 is 20.0. The van der Waals surface area contributed by atoms with Gasteiger partial charge in [0.05, 0.1) is 32.8 Å². The van der Waals surface area contributed by atoms with E-state index in [-0.39, 0.29) is 6.10 Å². The Balaban J connectivity index is 1.44. The van der Waals surface area contributed by atoms with E-state index in [1.165, 1.54) is 6.33 Å². The van der Waals surface area contributed by atoms with Crippen molar-refractivity contribution in [2.24, 2.45) is 0 Å². The number of rotatable bonds is 12. The lowest BCUT2D eigenvalue weighted by Crippen LogP contribution is -2.29. The summed E-state index contributed by atoms with van der Waals surface area (Å²) in [5.74, 6) is 0.315. The van der Waals surface area contributed by atoms with Crippen molar-refractivity contribution in [1.29, 1.82) is 0 Å². The Bertz CT molecular complexity index is 1110. The first-order chi connectivity index (χ1) is 16.2. The molecule has 170 valence electrons. The number of aromatic nitrogens is 4. The lowest BCUT2D eigenvalue weighted by Gasteiger charge is -2.24. The minimum atomic E-state index is -0.532. The Labute approximate surface area is 192 Å². The van der Waals surface area contributed by atoms with E-state index in [1.54, 1.807) is 17.0 Å². The quantitative estimate of drug-likeness (QED) is 0.330. The van der Waals surface area contributed by atoms with E-state index in [9.17, 15) is 0 Å². The van der Waals surface area contributed by atoms with Gasteiger partial charge in [0.2, 0.25) is 0 Å². The highest BCUT2D eigenvalue weighted by Gasteiger charge is 2.20. The van der Waals surface area contributed by atoms with E-state index in [1.807, 2.05) is 60.7 Å². The van der Waals surface area contributed by atoms with Gasteiger partial charge in [0, 0.05) is 0 Å². The first-order valence-corrected chi connectivity index (χ1v) is 10.7. The van der Waals surface area contributed by atoms with Gasteiger partial charge in [0.25, 0.3) is 0 Å². The Kier molecular flexibility index (Phi) is 7.76. The van der Waals surface area contributed by atoms with Gasteiger partial charge in [-0.25, -0.2) is 15.0 Å². The molecule has 8 heteroatoms. The summed E-state index contributed by atoms with van der Waals surface area (Å²) in [4.78, 5) is 12.6. The Morgan fingerprint density at radius 3 is 2.06 bits per heavy atom. The lowest BCUT2D eigenvalue weighted by molar-refractivity contribution is -0.103. The second-order valence-electron chi connectivity index (χ2n) is 7.47. The zero-order valence-corrected chi connectivity index (χ0v) is 18.3. The largest absolute Gasteiger partial charge is 0.382 e. The zero-order valence-electron chi connectivity index (χ0n) is 18.3. The van der Waals surface area contributed by atoms with Gasteiger partial charge in [-0.3, -0.25) is 4.57 Å². The van der Waals surface area contributed by atoms with Crippen molar-refractivity contribution in [2.45, 2.75) is 25.5 Å². The average Bonchev–Trinajstić information content (AvgIpc) is 3.29. The molecule has 2 heterocycles. The second kappa shape index (κ2) is 11.3. The molecular weight excluding hydrogens is 418 g/mol. The number of nitrogens with two attached hydrogens (primary N) is 1. The number of fused-ring (bicyclic) bond motifs is 1. The van der Waals surface area contributed by atoms with Crippen molar-refractivity contribution in [2.75, 3.05) is 18.9 Å². The minimum absolute atomic E-state index is 0.315. The summed E-state index contributed by atoms with van der Waals surface area (Å²) in [6.45, 7) is 5.58. The molecule has 0 radical (unpaired) electrons. The van der Waals surface area contributed by atoms with Gasteiger partial charge in [0.1, 0.15) is 17.9 Å². The predicted octanol–water partition coefficient (Wildman–Crippen LogP) is 3.91. The molecule has 2 aromatic carbocycles. The van der Waals surface area contributed by atoms with Crippen LogP contribution in [0.5, 0.6) is 0 Å². The third-order valence-electron chi connectivity index (χ3n) is 5.03. The maximum absolute atomic E-state index is 6.32. The van der Waals surface area contributed by atoms with Crippen LogP contribution < -0.4 is 5.73 Å². The van der Waals surface area contributed by atoms with Crippen LogP contribution in [-0.4, -0.2) is 38.8 Å². The number of nitrogen functional groups attached to an aromatic ring is 1. The number of hydrogen-bond donors (Lipinski definition) is 1. The second-order valence-corrected chi connectivity index (χ2v) is 7.47. The van der Waals surface area contributed by atoms with Gasteiger partial charge < -0.3 is 19.9 Å².